The van der Waals surface area contributed by atoms with Crippen molar-refractivity contribution in [3.8, 4) is 0 Å². The quantitative estimate of drug-likeness (QED) is 0.296. The van der Waals surface area contributed by atoms with Crippen molar-refractivity contribution in [3.05, 3.63) is 42.5 Å². The molecule has 5 heteroatoms. The average Bonchev–Trinajstić information content (AvgIpc) is 2.56. The molecule has 0 unspecified atom stereocenters. The highest BCUT2D eigenvalue weighted by molar-refractivity contribution is 7.86. The molecular weight excluding hydrogens is 324 g/mol. The first-order valence-corrected chi connectivity index (χ1v) is 9.95. The number of carbonyl (C=O) groups is 1. The average molecular weight is 352 g/mol. The number of hydrogen-bond acceptors (Lipinski definition) is 4. The fourth-order valence-electron chi connectivity index (χ4n) is 2.31. The largest absolute Gasteiger partial charge is 0.297 e. The molecule has 0 fully saturated rings. The summed E-state index contributed by atoms with van der Waals surface area (Å²) in [7, 11) is -3.85. The number of carbonyl (C=O) groups excluding carboxylic acids is 1. The first kappa shape index (κ1) is 20.6. The molecule has 1 aromatic rings. The maximum Gasteiger partial charge on any atom is 0.297 e. The third-order valence-electron chi connectivity index (χ3n) is 3.80. The van der Waals surface area contributed by atoms with Gasteiger partial charge in [-0.3, -0.25) is 8.98 Å². The van der Waals surface area contributed by atoms with Crippen LogP contribution >= 0.6 is 0 Å². The molecule has 0 saturated carbocycles. The number of Topliss-reactive ketones (excluding diaryl/α,β-unsaturated/α-hetero) is 1. The maximum atomic E-state index is 12.0. The molecule has 0 N–H and O–H groups in total. The molecule has 0 aliphatic heterocycles. The lowest BCUT2D eigenvalue weighted by atomic mass is 10.1. The summed E-state index contributed by atoms with van der Waals surface area (Å²) in [6.07, 6.45) is 9.78. The molecule has 0 amide bonds. The van der Waals surface area contributed by atoms with Crippen molar-refractivity contribution in [2.45, 2.75) is 63.2 Å². The minimum absolute atomic E-state index is 0.0837. The predicted molar refractivity (Wildman–Crippen MR) is 96.5 cm³/mol. The number of rotatable bonds is 13. The van der Waals surface area contributed by atoms with Gasteiger partial charge < -0.3 is 0 Å². The van der Waals surface area contributed by atoms with Gasteiger partial charge in [-0.15, -0.1) is 6.58 Å². The summed E-state index contributed by atoms with van der Waals surface area (Å²) in [5.41, 5.74) is 0.967. The van der Waals surface area contributed by atoms with E-state index in [1.165, 1.54) is 31.4 Å². The molecule has 0 bridgehead atoms. The molecule has 24 heavy (non-hydrogen) atoms. The monoisotopic (exact) mass is 352 g/mol. The van der Waals surface area contributed by atoms with Gasteiger partial charge >= 0.3 is 0 Å². The van der Waals surface area contributed by atoms with Gasteiger partial charge in [-0.1, -0.05) is 49.5 Å². The highest BCUT2D eigenvalue weighted by atomic mass is 32.2. The number of allylic oxidation sites excluding steroid dienone is 1. The summed E-state index contributed by atoms with van der Waals surface area (Å²) in [4.78, 5) is 11.8. The standard InChI is InChI=1S/C19H28O4S/c1-3-4-5-6-7-8-9-10-11-18(20)16-23-24(21,22)19-14-12-17(2)13-15-19/h3,12-15H,1,4-11,16H2,2H3. The summed E-state index contributed by atoms with van der Waals surface area (Å²) in [5.74, 6) is -0.169. The van der Waals surface area contributed by atoms with E-state index < -0.39 is 10.1 Å². The van der Waals surface area contributed by atoms with Gasteiger partial charge in [0.2, 0.25) is 0 Å². The van der Waals surface area contributed by atoms with Crippen molar-refractivity contribution in [3.63, 3.8) is 0 Å². The number of benzene rings is 1. The van der Waals surface area contributed by atoms with Crippen molar-refractivity contribution in [1.29, 1.82) is 0 Å². The highest BCUT2D eigenvalue weighted by Gasteiger charge is 2.16. The van der Waals surface area contributed by atoms with E-state index in [1.54, 1.807) is 12.1 Å². The van der Waals surface area contributed by atoms with Crippen molar-refractivity contribution in [2.75, 3.05) is 6.61 Å². The molecule has 0 spiro atoms. The number of aryl methyl sites for hydroxylation is 1. The zero-order chi connectivity index (χ0) is 17.8. The van der Waals surface area contributed by atoms with Crippen LogP contribution in [-0.4, -0.2) is 20.8 Å². The van der Waals surface area contributed by atoms with Gasteiger partial charge in [0, 0.05) is 6.42 Å². The second kappa shape index (κ2) is 11.2. The Labute approximate surface area is 146 Å². The summed E-state index contributed by atoms with van der Waals surface area (Å²) < 4.78 is 28.8. The molecule has 134 valence electrons. The number of unbranched alkanes of at least 4 members (excludes halogenated alkanes) is 6. The lowest BCUT2D eigenvalue weighted by Crippen LogP contribution is -2.14. The van der Waals surface area contributed by atoms with Gasteiger partial charge in [0.05, 0.1) is 4.90 Å². The van der Waals surface area contributed by atoms with Gasteiger partial charge in [0.1, 0.15) is 6.61 Å². The number of hydrogen-bond donors (Lipinski definition) is 0. The van der Waals surface area contributed by atoms with Gasteiger partial charge in [-0.05, 0) is 38.3 Å². The molecule has 1 aromatic carbocycles. The lowest BCUT2D eigenvalue weighted by molar-refractivity contribution is -0.121. The van der Waals surface area contributed by atoms with Crippen LogP contribution in [0.3, 0.4) is 0 Å². The molecule has 0 radical (unpaired) electrons. The van der Waals surface area contributed by atoms with E-state index >= 15 is 0 Å². The summed E-state index contributed by atoms with van der Waals surface area (Å²) >= 11 is 0. The fourth-order valence-corrected chi connectivity index (χ4v) is 3.20. The first-order chi connectivity index (χ1) is 11.5. The Hall–Kier alpha value is -1.46. The van der Waals surface area contributed by atoms with Gasteiger partial charge in [0.25, 0.3) is 10.1 Å². The summed E-state index contributed by atoms with van der Waals surface area (Å²) in [5, 5.41) is 0. The van der Waals surface area contributed by atoms with Crippen molar-refractivity contribution >= 4 is 15.9 Å². The van der Waals surface area contributed by atoms with Crippen LogP contribution < -0.4 is 0 Å². The minimum Gasteiger partial charge on any atom is -0.297 e. The Kier molecular flexibility index (Phi) is 9.57. The van der Waals surface area contributed by atoms with Gasteiger partial charge in [-0.2, -0.15) is 8.42 Å². The van der Waals surface area contributed by atoms with Crippen LogP contribution in [0.2, 0.25) is 0 Å². The molecule has 4 nitrogen and oxygen atoms in total. The van der Waals surface area contributed by atoms with Gasteiger partial charge in [0.15, 0.2) is 5.78 Å². The van der Waals surface area contributed by atoms with Crippen molar-refractivity contribution < 1.29 is 17.4 Å². The zero-order valence-corrected chi connectivity index (χ0v) is 15.3. The molecular formula is C19H28O4S. The highest BCUT2D eigenvalue weighted by Crippen LogP contribution is 2.14. The van der Waals surface area contributed by atoms with Crippen molar-refractivity contribution in [1.82, 2.24) is 0 Å². The Balaban J connectivity index is 2.19. The van der Waals surface area contributed by atoms with E-state index in [-0.39, 0.29) is 17.3 Å². The Morgan fingerprint density at radius 2 is 1.62 bits per heavy atom. The Bertz CT molecular complexity index is 603. The van der Waals surface area contributed by atoms with E-state index in [0.29, 0.717) is 6.42 Å². The smallest absolute Gasteiger partial charge is 0.297 e. The first-order valence-electron chi connectivity index (χ1n) is 8.54. The second-order valence-corrected chi connectivity index (χ2v) is 7.63. The Morgan fingerprint density at radius 1 is 1.04 bits per heavy atom. The van der Waals surface area contributed by atoms with Crippen LogP contribution in [0, 0.1) is 6.92 Å². The van der Waals surface area contributed by atoms with Crippen LogP contribution in [0.25, 0.3) is 0 Å². The van der Waals surface area contributed by atoms with Crippen LogP contribution in [0.5, 0.6) is 0 Å². The normalized spacial score (nSPS) is 11.4. The third kappa shape index (κ3) is 8.41. The predicted octanol–water partition coefficient (Wildman–Crippen LogP) is 4.58. The summed E-state index contributed by atoms with van der Waals surface area (Å²) in [6.45, 7) is 5.19. The number of ketones is 1. The van der Waals surface area contributed by atoms with Gasteiger partial charge in [-0.25, -0.2) is 0 Å². The molecule has 0 saturated heterocycles. The van der Waals surface area contributed by atoms with Crippen LogP contribution in [0.15, 0.2) is 41.8 Å². The second-order valence-electron chi connectivity index (χ2n) is 6.02. The Morgan fingerprint density at radius 3 is 2.25 bits per heavy atom. The van der Waals surface area contributed by atoms with E-state index in [2.05, 4.69) is 6.58 Å². The molecule has 0 aliphatic carbocycles. The maximum absolute atomic E-state index is 12.0. The van der Waals surface area contributed by atoms with E-state index in [4.69, 9.17) is 4.18 Å². The minimum atomic E-state index is -3.85. The van der Waals surface area contributed by atoms with E-state index in [0.717, 1.165) is 31.2 Å². The molecule has 0 atom stereocenters. The molecule has 1 rings (SSSR count). The third-order valence-corrected chi connectivity index (χ3v) is 5.08. The SMILES string of the molecule is C=CCCCCCCCCC(=O)COS(=O)(=O)c1ccc(C)cc1. The van der Waals surface area contributed by atoms with E-state index in [1.807, 2.05) is 13.0 Å². The summed E-state index contributed by atoms with van der Waals surface area (Å²) in [6, 6.07) is 6.38. The lowest BCUT2D eigenvalue weighted by Gasteiger charge is -2.06. The zero-order valence-electron chi connectivity index (χ0n) is 14.5. The van der Waals surface area contributed by atoms with Crippen molar-refractivity contribution in [2.24, 2.45) is 0 Å². The molecule has 0 heterocycles. The topological polar surface area (TPSA) is 60.4 Å². The molecule has 0 aliphatic rings. The van der Waals surface area contributed by atoms with Crippen LogP contribution in [0.1, 0.15) is 56.9 Å². The van der Waals surface area contributed by atoms with Crippen LogP contribution in [0.4, 0.5) is 0 Å². The van der Waals surface area contributed by atoms with Crippen LogP contribution in [-0.2, 0) is 19.1 Å². The fraction of sp³-hybridized carbons (Fsp3) is 0.526. The molecule has 0 aromatic heterocycles. The van der Waals surface area contributed by atoms with E-state index in [9.17, 15) is 13.2 Å².